The average molecular weight is 504 g/mol. The number of rotatable bonds is 3. The lowest BCUT2D eigenvalue weighted by atomic mass is 9.94. The van der Waals surface area contributed by atoms with Crippen LogP contribution in [0.2, 0.25) is 0 Å². The van der Waals surface area contributed by atoms with E-state index in [1.807, 2.05) is 36.4 Å². The summed E-state index contributed by atoms with van der Waals surface area (Å²) in [6.07, 6.45) is 0.147. The SMILES string of the molecule is O=C(CN1CCOC2(CC=CCc3ccccc3OCCNC2=O)C1)Nc1ccccc1C(F)(F)F. The van der Waals surface area contributed by atoms with Gasteiger partial charge in [0.05, 0.1) is 30.9 Å². The molecule has 1 spiro atoms. The number of halogens is 3. The van der Waals surface area contributed by atoms with Crippen LogP contribution in [0.15, 0.2) is 60.7 Å². The molecule has 7 nitrogen and oxygen atoms in total. The van der Waals surface area contributed by atoms with E-state index in [4.69, 9.17) is 9.47 Å². The Hall–Kier alpha value is -3.37. The summed E-state index contributed by atoms with van der Waals surface area (Å²) in [5.74, 6) is -0.153. The summed E-state index contributed by atoms with van der Waals surface area (Å²) in [7, 11) is 0. The van der Waals surface area contributed by atoms with Gasteiger partial charge in [0.15, 0.2) is 5.60 Å². The number of nitrogens with one attached hydrogen (secondary N) is 2. The van der Waals surface area contributed by atoms with Crippen molar-refractivity contribution < 1.29 is 32.2 Å². The number of carbonyl (C=O) groups excluding carboxylic acids is 2. The predicted octanol–water partition coefficient (Wildman–Crippen LogP) is 3.41. The maximum Gasteiger partial charge on any atom is 0.418 e. The number of hydrogen-bond acceptors (Lipinski definition) is 5. The third-order valence-corrected chi connectivity index (χ3v) is 6.12. The average Bonchev–Trinajstić information content (AvgIpc) is 2.84. The molecule has 2 aliphatic heterocycles. The van der Waals surface area contributed by atoms with E-state index in [0.29, 0.717) is 13.0 Å². The van der Waals surface area contributed by atoms with Crippen LogP contribution in [0.4, 0.5) is 18.9 Å². The molecule has 1 fully saturated rings. The number of alkyl halides is 3. The molecule has 0 saturated carbocycles. The number of amides is 2. The molecule has 36 heavy (non-hydrogen) atoms. The fourth-order valence-electron chi connectivity index (χ4n) is 4.36. The second-order valence-electron chi connectivity index (χ2n) is 8.74. The van der Waals surface area contributed by atoms with Crippen molar-refractivity contribution in [3.63, 3.8) is 0 Å². The normalized spacial score (nSPS) is 21.5. The topological polar surface area (TPSA) is 79.9 Å². The van der Waals surface area contributed by atoms with Gasteiger partial charge in [0.1, 0.15) is 12.4 Å². The molecule has 2 heterocycles. The highest BCUT2D eigenvalue weighted by Gasteiger charge is 2.43. The third-order valence-electron chi connectivity index (χ3n) is 6.12. The van der Waals surface area contributed by atoms with Gasteiger partial charge >= 0.3 is 6.18 Å². The molecule has 1 saturated heterocycles. The molecule has 0 bridgehead atoms. The van der Waals surface area contributed by atoms with Crippen molar-refractivity contribution in [1.29, 1.82) is 0 Å². The Balaban J connectivity index is 1.45. The Morgan fingerprint density at radius 1 is 1.08 bits per heavy atom. The molecule has 2 aromatic rings. The number of hydrogen-bond donors (Lipinski definition) is 2. The van der Waals surface area contributed by atoms with Gasteiger partial charge in [0.2, 0.25) is 5.91 Å². The monoisotopic (exact) mass is 503 g/mol. The van der Waals surface area contributed by atoms with E-state index in [1.165, 1.54) is 18.2 Å². The summed E-state index contributed by atoms with van der Waals surface area (Å²) in [5.41, 5.74) is -1.41. The number of fused-ring (bicyclic) bond motifs is 1. The second kappa shape index (κ2) is 11.1. The van der Waals surface area contributed by atoms with Crippen molar-refractivity contribution in [3.8, 4) is 5.75 Å². The van der Waals surface area contributed by atoms with Crippen LogP contribution in [-0.2, 0) is 26.9 Å². The minimum absolute atomic E-state index is 0.120. The molecule has 2 N–H and O–H groups in total. The largest absolute Gasteiger partial charge is 0.491 e. The zero-order chi connectivity index (χ0) is 25.6. The maximum atomic E-state index is 13.3. The number of carbonyl (C=O) groups is 2. The molecule has 0 aromatic heterocycles. The van der Waals surface area contributed by atoms with Crippen molar-refractivity contribution in [3.05, 3.63) is 71.8 Å². The van der Waals surface area contributed by atoms with Crippen LogP contribution in [0.1, 0.15) is 17.5 Å². The first kappa shape index (κ1) is 25.7. The Kier molecular flexibility index (Phi) is 7.95. The van der Waals surface area contributed by atoms with E-state index in [2.05, 4.69) is 10.6 Å². The van der Waals surface area contributed by atoms with Gasteiger partial charge in [0.25, 0.3) is 5.91 Å². The highest BCUT2D eigenvalue weighted by molar-refractivity contribution is 5.93. The third kappa shape index (κ3) is 6.24. The van der Waals surface area contributed by atoms with Crippen LogP contribution in [-0.4, -0.2) is 61.7 Å². The van der Waals surface area contributed by atoms with Crippen LogP contribution in [0.3, 0.4) is 0 Å². The molecule has 0 aliphatic carbocycles. The van der Waals surface area contributed by atoms with Crippen LogP contribution in [0.25, 0.3) is 0 Å². The minimum Gasteiger partial charge on any atom is -0.491 e. The number of anilines is 1. The maximum absolute atomic E-state index is 13.3. The van der Waals surface area contributed by atoms with Crippen LogP contribution >= 0.6 is 0 Å². The minimum atomic E-state index is -4.59. The van der Waals surface area contributed by atoms with Gasteiger partial charge < -0.3 is 20.1 Å². The highest BCUT2D eigenvalue weighted by Crippen LogP contribution is 2.34. The van der Waals surface area contributed by atoms with E-state index in [-0.39, 0.29) is 50.9 Å². The molecule has 10 heteroatoms. The number of morpholine rings is 1. The lowest BCUT2D eigenvalue weighted by Crippen LogP contribution is -2.60. The fourth-order valence-corrected chi connectivity index (χ4v) is 4.36. The Labute approximate surface area is 207 Å². The number of allylic oxidation sites excluding steroid dienone is 1. The number of benzene rings is 2. The number of ether oxygens (including phenoxy) is 2. The van der Waals surface area contributed by atoms with Crippen molar-refractivity contribution in [2.24, 2.45) is 0 Å². The van der Waals surface area contributed by atoms with Gasteiger partial charge in [-0.3, -0.25) is 14.5 Å². The van der Waals surface area contributed by atoms with Gasteiger partial charge in [-0.05, 0) is 30.2 Å². The van der Waals surface area contributed by atoms with Crippen LogP contribution < -0.4 is 15.4 Å². The van der Waals surface area contributed by atoms with E-state index in [0.717, 1.165) is 17.4 Å². The number of para-hydroxylation sites is 2. The van der Waals surface area contributed by atoms with Gasteiger partial charge in [-0.25, -0.2) is 0 Å². The van der Waals surface area contributed by atoms with Gasteiger partial charge in [-0.15, -0.1) is 0 Å². The summed E-state index contributed by atoms with van der Waals surface area (Å²) in [5, 5.41) is 5.21. The molecule has 2 aliphatic rings. The molecular weight excluding hydrogens is 475 g/mol. The van der Waals surface area contributed by atoms with Crippen molar-refractivity contribution in [1.82, 2.24) is 10.2 Å². The molecule has 2 amide bonds. The van der Waals surface area contributed by atoms with Gasteiger partial charge in [-0.2, -0.15) is 13.2 Å². The summed E-state index contributed by atoms with van der Waals surface area (Å²) >= 11 is 0. The van der Waals surface area contributed by atoms with Crippen LogP contribution in [0, 0.1) is 0 Å². The first-order chi connectivity index (χ1) is 17.3. The van der Waals surface area contributed by atoms with Gasteiger partial charge in [0, 0.05) is 19.5 Å². The van der Waals surface area contributed by atoms with E-state index < -0.39 is 23.2 Å². The Bertz CT molecular complexity index is 1120. The van der Waals surface area contributed by atoms with Crippen molar-refractivity contribution in [2.75, 3.05) is 44.7 Å². The molecule has 1 unspecified atom stereocenters. The van der Waals surface area contributed by atoms with Gasteiger partial charge in [-0.1, -0.05) is 42.5 Å². The summed E-state index contributed by atoms with van der Waals surface area (Å²) in [6, 6.07) is 12.5. The van der Waals surface area contributed by atoms with E-state index >= 15 is 0 Å². The quantitative estimate of drug-likeness (QED) is 0.628. The number of nitrogens with zero attached hydrogens (tertiary/aromatic N) is 1. The summed E-state index contributed by atoms with van der Waals surface area (Å²) in [6.45, 7) is 1.07. The summed E-state index contributed by atoms with van der Waals surface area (Å²) in [4.78, 5) is 27.5. The second-order valence-corrected chi connectivity index (χ2v) is 8.74. The highest BCUT2D eigenvalue weighted by atomic mass is 19.4. The molecular formula is C26H28F3N3O4. The van der Waals surface area contributed by atoms with E-state index in [9.17, 15) is 22.8 Å². The first-order valence-corrected chi connectivity index (χ1v) is 11.7. The lowest BCUT2D eigenvalue weighted by Gasteiger charge is -2.41. The molecule has 0 radical (unpaired) electrons. The Morgan fingerprint density at radius 2 is 1.86 bits per heavy atom. The van der Waals surface area contributed by atoms with Crippen molar-refractivity contribution >= 4 is 17.5 Å². The lowest BCUT2D eigenvalue weighted by molar-refractivity contribution is -0.160. The fraction of sp³-hybridized carbons (Fsp3) is 0.385. The summed E-state index contributed by atoms with van der Waals surface area (Å²) < 4.78 is 51.6. The zero-order valence-corrected chi connectivity index (χ0v) is 19.6. The predicted molar refractivity (Wildman–Crippen MR) is 128 cm³/mol. The van der Waals surface area contributed by atoms with Crippen molar-refractivity contribution in [2.45, 2.75) is 24.6 Å². The molecule has 4 rings (SSSR count). The zero-order valence-electron chi connectivity index (χ0n) is 19.6. The van der Waals surface area contributed by atoms with E-state index in [1.54, 1.807) is 4.90 Å². The van der Waals surface area contributed by atoms with Crippen LogP contribution in [0.5, 0.6) is 5.75 Å². The Morgan fingerprint density at radius 3 is 2.69 bits per heavy atom. The first-order valence-electron chi connectivity index (χ1n) is 11.7. The molecule has 2 aromatic carbocycles. The smallest absolute Gasteiger partial charge is 0.418 e. The molecule has 1 atom stereocenters. The molecule has 192 valence electrons. The standard InChI is InChI=1S/C26H28F3N3O4/c27-26(28,29)20-9-2-3-10-21(20)31-23(33)17-32-14-16-36-25(18-32)12-6-5-8-19-7-1-4-11-22(19)35-15-13-30-24(25)34/h1-7,9-11H,8,12-18H2,(H,30,34)(H,31,33).